The zero-order valence-corrected chi connectivity index (χ0v) is 14.0. The summed E-state index contributed by atoms with van der Waals surface area (Å²) >= 11 is 3.43. The highest BCUT2D eigenvalue weighted by atomic mass is 79.9. The van der Waals surface area contributed by atoms with Crippen molar-refractivity contribution < 1.29 is 4.79 Å². The first kappa shape index (κ1) is 14.3. The SMILES string of the molecule is C[C@@H]1C[C@H]1c1cc(NC(=O)Nc2cnc3c(Br)cccn23)n[nH]1. The molecule has 3 aromatic rings. The standard InChI is InChI=1S/C15H15BrN6O/c1-8-5-9(8)11-6-12(21-20-11)18-15(23)19-13-7-17-14-10(16)3-2-4-22(13)14/h2-4,6-9H,5H2,1H3,(H3,18,19,20,21,23)/t8-,9-/m1/s1. The van der Waals surface area contributed by atoms with Crippen LogP contribution in [0.1, 0.15) is 25.0 Å². The highest BCUT2D eigenvalue weighted by Crippen LogP contribution is 2.46. The Hall–Kier alpha value is -2.35. The number of hydrogen-bond donors (Lipinski definition) is 3. The molecule has 1 aliphatic rings. The number of urea groups is 1. The molecule has 3 N–H and O–H groups in total. The molecule has 0 spiro atoms. The summed E-state index contributed by atoms with van der Waals surface area (Å²) in [6.07, 6.45) is 4.62. The lowest BCUT2D eigenvalue weighted by atomic mass is 10.2. The van der Waals surface area contributed by atoms with Gasteiger partial charge in [0.05, 0.1) is 10.7 Å². The second kappa shape index (κ2) is 5.38. The van der Waals surface area contributed by atoms with Crippen LogP contribution in [0.4, 0.5) is 16.4 Å². The van der Waals surface area contributed by atoms with E-state index in [1.54, 1.807) is 10.6 Å². The first-order chi connectivity index (χ1) is 11.1. The summed E-state index contributed by atoms with van der Waals surface area (Å²) in [6.45, 7) is 2.20. The van der Waals surface area contributed by atoms with Crippen LogP contribution in [0.5, 0.6) is 0 Å². The fourth-order valence-electron chi connectivity index (χ4n) is 2.68. The quantitative estimate of drug-likeness (QED) is 0.654. The molecule has 23 heavy (non-hydrogen) atoms. The summed E-state index contributed by atoms with van der Waals surface area (Å²) in [4.78, 5) is 16.4. The number of nitrogens with zero attached hydrogens (tertiary/aromatic N) is 3. The lowest BCUT2D eigenvalue weighted by Crippen LogP contribution is -2.20. The number of carbonyl (C=O) groups excluding carboxylic acids is 1. The molecule has 0 bridgehead atoms. The highest BCUT2D eigenvalue weighted by Gasteiger charge is 2.35. The summed E-state index contributed by atoms with van der Waals surface area (Å²) in [5.74, 6) is 2.34. The number of aromatic nitrogens is 4. The molecule has 0 unspecified atom stereocenters. The van der Waals surface area contributed by atoms with Crippen LogP contribution in [-0.4, -0.2) is 25.6 Å². The number of pyridine rings is 1. The van der Waals surface area contributed by atoms with Crippen molar-refractivity contribution in [3.05, 3.63) is 40.8 Å². The van der Waals surface area contributed by atoms with Crippen molar-refractivity contribution in [2.45, 2.75) is 19.3 Å². The minimum Gasteiger partial charge on any atom is -0.292 e. The first-order valence-electron chi connectivity index (χ1n) is 7.36. The smallest absolute Gasteiger partial charge is 0.292 e. The minimum absolute atomic E-state index is 0.353. The predicted octanol–water partition coefficient (Wildman–Crippen LogP) is 3.59. The largest absolute Gasteiger partial charge is 0.326 e. The van der Waals surface area contributed by atoms with Crippen LogP contribution in [0.3, 0.4) is 0 Å². The van der Waals surface area contributed by atoms with Gasteiger partial charge < -0.3 is 0 Å². The van der Waals surface area contributed by atoms with Gasteiger partial charge >= 0.3 is 6.03 Å². The van der Waals surface area contributed by atoms with Crippen LogP contribution in [0, 0.1) is 5.92 Å². The van der Waals surface area contributed by atoms with Crippen molar-refractivity contribution in [3.8, 4) is 0 Å². The topological polar surface area (TPSA) is 87.1 Å². The van der Waals surface area contributed by atoms with Crippen LogP contribution < -0.4 is 10.6 Å². The fraction of sp³-hybridized carbons (Fsp3) is 0.267. The molecule has 2 atom stereocenters. The number of halogens is 1. The zero-order chi connectivity index (χ0) is 16.0. The average Bonchev–Trinajstić information content (AvgIpc) is 2.92. The Bertz CT molecular complexity index is 885. The van der Waals surface area contributed by atoms with E-state index >= 15 is 0 Å². The molecule has 7 nitrogen and oxygen atoms in total. The fourth-order valence-corrected chi connectivity index (χ4v) is 3.13. The van der Waals surface area contributed by atoms with Gasteiger partial charge in [-0.1, -0.05) is 6.92 Å². The number of anilines is 2. The summed E-state index contributed by atoms with van der Waals surface area (Å²) < 4.78 is 2.66. The molecule has 3 heterocycles. The third kappa shape index (κ3) is 2.70. The van der Waals surface area contributed by atoms with Crippen LogP contribution in [0.25, 0.3) is 5.65 Å². The van der Waals surface area contributed by atoms with E-state index in [2.05, 4.69) is 48.7 Å². The third-order valence-corrected chi connectivity index (χ3v) is 4.70. The number of H-pyrrole nitrogens is 1. The lowest BCUT2D eigenvalue weighted by molar-refractivity contribution is 0.262. The lowest BCUT2D eigenvalue weighted by Gasteiger charge is -2.05. The number of fused-ring (bicyclic) bond motifs is 1. The van der Waals surface area contributed by atoms with Gasteiger partial charge in [-0.2, -0.15) is 5.10 Å². The molecule has 2 amide bonds. The van der Waals surface area contributed by atoms with Crippen LogP contribution in [0.2, 0.25) is 0 Å². The van der Waals surface area contributed by atoms with Crippen molar-refractivity contribution in [1.29, 1.82) is 0 Å². The molecule has 0 radical (unpaired) electrons. The molecule has 0 saturated heterocycles. The Morgan fingerprint density at radius 1 is 1.48 bits per heavy atom. The minimum atomic E-state index is -0.353. The van der Waals surface area contributed by atoms with Crippen LogP contribution >= 0.6 is 15.9 Å². The van der Waals surface area contributed by atoms with Gasteiger partial charge in [0.1, 0.15) is 5.82 Å². The van der Waals surface area contributed by atoms with E-state index in [1.807, 2.05) is 24.4 Å². The van der Waals surface area contributed by atoms with E-state index in [1.165, 1.54) is 6.42 Å². The Kier molecular flexibility index (Phi) is 3.33. The monoisotopic (exact) mass is 374 g/mol. The van der Waals surface area contributed by atoms with Crippen molar-refractivity contribution in [2.75, 3.05) is 10.6 Å². The molecule has 3 aromatic heterocycles. The van der Waals surface area contributed by atoms with E-state index in [-0.39, 0.29) is 6.03 Å². The number of carbonyl (C=O) groups is 1. The summed E-state index contributed by atoms with van der Waals surface area (Å²) in [5, 5.41) is 12.6. The molecule has 118 valence electrons. The van der Waals surface area contributed by atoms with Crippen LogP contribution in [-0.2, 0) is 0 Å². The number of nitrogens with one attached hydrogen (secondary N) is 3. The molecule has 1 aliphatic carbocycles. The molecular formula is C15H15BrN6O. The van der Waals surface area contributed by atoms with Gasteiger partial charge in [0, 0.05) is 23.9 Å². The molecule has 0 aliphatic heterocycles. The molecule has 8 heteroatoms. The van der Waals surface area contributed by atoms with Crippen molar-refractivity contribution in [1.82, 2.24) is 19.6 Å². The number of hydrogen-bond acceptors (Lipinski definition) is 3. The van der Waals surface area contributed by atoms with Gasteiger partial charge in [0.15, 0.2) is 11.5 Å². The number of amides is 2. The molecular weight excluding hydrogens is 360 g/mol. The van der Waals surface area contributed by atoms with E-state index in [4.69, 9.17) is 0 Å². The van der Waals surface area contributed by atoms with Crippen LogP contribution in [0.15, 0.2) is 35.1 Å². The predicted molar refractivity (Wildman–Crippen MR) is 90.6 cm³/mol. The molecule has 1 fully saturated rings. The second-order valence-corrected chi connectivity index (χ2v) is 6.65. The van der Waals surface area contributed by atoms with E-state index < -0.39 is 0 Å². The van der Waals surface area contributed by atoms with Gasteiger partial charge in [0.25, 0.3) is 0 Å². The van der Waals surface area contributed by atoms with E-state index in [0.29, 0.717) is 23.5 Å². The Labute approximate surface area is 140 Å². The van der Waals surface area contributed by atoms with Crippen molar-refractivity contribution >= 4 is 39.2 Å². The summed E-state index contributed by atoms with van der Waals surface area (Å²) in [7, 11) is 0. The van der Waals surface area contributed by atoms with Crippen molar-refractivity contribution in [2.24, 2.45) is 5.92 Å². The van der Waals surface area contributed by atoms with E-state index in [9.17, 15) is 4.79 Å². The second-order valence-electron chi connectivity index (χ2n) is 5.80. The number of aromatic amines is 1. The normalized spacial score (nSPS) is 19.7. The maximum Gasteiger partial charge on any atom is 0.326 e. The molecule has 0 aromatic carbocycles. The Morgan fingerprint density at radius 2 is 2.30 bits per heavy atom. The van der Waals surface area contributed by atoms with Crippen molar-refractivity contribution in [3.63, 3.8) is 0 Å². The Balaban J connectivity index is 1.47. The summed E-state index contributed by atoms with van der Waals surface area (Å²) in [6, 6.07) is 5.31. The first-order valence-corrected chi connectivity index (χ1v) is 8.16. The maximum atomic E-state index is 12.1. The Morgan fingerprint density at radius 3 is 3.09 bits per heavy atom. The van der Waals surface area contributed by atoms with Gasteiger partial charge in [-0.05, 0) is 40.4 Å². The van der Waals surface area contributed by atoms with E-state index in [0.717, 1.165) is 15.8 Å². The van der Waals surface area contributed by atoms with Gasteiger partial charge in [0.2, 0.25) is 0 Å². The van der Waals surface area contributed by atoms with Gasteiger partial charge in [-0.15, -0.1) is 0 Å². The molecule has 4 rings (SSSR count). The maximum absolute atomic E-state index is 12.1. The summed E-state index contributed by atoms with van der Waals surface area (Å²) in [5.41, 5.74) is 1.82. The average molecular weight is 375 g/mol. The number of rotatable bonds is 3. The van der Waals surface area contributed by atoms with Gasteiger partial charge in [-0.25, -0.2) is 9.78 Å². The zero-order valence-electron chi connectivity index (χ0n) is 12.4. The van der Waals surface area contributed by atoms with Gasteiger partial charge in [-0.3, -0.25) is 20.1 Å². The molecule has 1 saturated carbocycles. The third-order valence-electron chi connectivity index (χ3n) is 4.08. The number of imidazole rings is 1. The highest BCUT2D eigenvalue weighted by molar-refractivity contribution is 9.10.